The van der Waals surface area contributed by atoms with Gasteiger partial charge in [0.15, 0.2) is 6.61 Å². The standard InChI is InChI=1S/C17H19N3O4/c1-13(17(23)24-12-16(22)19-11-5-10-18)20-15(21)9-8-14-6-3-2-4-7-14/h2-4,6-9,13H,5,11-12H2,1H3,(H,19,22)(H,20,21)/b9-8+/t13-/m0/s1. The van der Waals surface area contributed by atoms with Gasteiger partial charge in [0.05, 0.1) is 12.5 Å². The molecular weight excluding hydrogens is 310 g/mol. The molecule has 0 heterocycles. The van der Waals surface area contributed by atoms with E-state index >= 15 is 0 Å². The summed E-state index contributed by atoms with van der Waals surface area (Å²) in [5.74, 6) is -1.66. The SMILES string of the molecule is C[C@H](NC(=O)/C=C/c1ccccc1)C(=O)OCC(=O)NCCC#N. The summed E-state index contributed by atoms with van der Waals surface area (Å²) >= 11 is 0. The average Bonchev–Trinajstić information content (AvgIpc) is 2.59. The fraction of sp³-hybridized carbons (Fsp3) is 0.294. The minimum Gasteiger partial charge on any atom is -0.454 e. The molecule has 7 heteroatoms. The van der Waals surface area contributed by atoms with Crippen LogP contribution in [-0.4, -0.2) is 37.0 Å². The zero-order chi connectivity index (χ0) is 17.8. The van der Waals surface area contributed by atoms with E-state index in [0.717, 1.165) is 5.56 Å². The van der Waals surface area contributed by atoms with Gasteiger partial charge < -0.3 is 15.4 Å². The van der Waals surface area contributed by atoms with Gasteiger partial charge in [-0.1, -0.05) is 30.3 Å². The van der Waals surface area contributed by atoms with Gasteiger partial charge in [0.25, 0.3) is 5.91 Å². The zero-order valence-electron chi connectivity index (χ0n) is 13.3. The van der Waals surface area contributed by atoms with Crippen LogP contribution in [0.4, 0.5) is 0 Å². The van der Waals surface area contributed by atoms with Crippen LogP contribution < -0.4 is 10.6 Å². The highest BCUT2D eigenvalue weighted by atomic mass is 16.5. The number of esters is 1. The number of carbonyl (C=O) groups excluding carboxylic acids is 3. The number of nitriles is 1. The zero-order valence-corrected chi connectivity index (χ0v) is 13.3. The number of nitrogens with zero attached hydrogens (tertiary/aromatic N) is 1. The molecule has 126 valence electrons. The van der Waals surface area contributed by atoms with E-state index < -0.39 is 30.4 Å². The van der Waals surface area contributed by atoms with E-state index in [1.807, 2.05) is 36.4 Å². The largest absolute Gasteiger partial charge is 0.454 e. The van der Waals surface area contributed by atoms with Crippen molar-refractivity contribution in [1.82, 2.24) is 10.6 Å². The van der Waals surface area contributed by atoms with Gasteiger partial charge in [-0.15, -0.1) is 0 Å². The molecule has 24 heavy (non-hydrogen) atoms. The maximum absolute atomic E-state index is 11.7. The molecule has 1 aromatic rings. The Hall–Kier alpha value is -3.14. The molecule has 0 spiro atoms. The molecule has 0 aromatic heterocycles. The lowest BCUT2D eigenvalue weighted by Gasteiger charge is -2.12. The summed E-state index contributed by atoms with van der Waals surface area (Å²) in [6, 6.07) is 10.2. The third kappa shape index (κ3) is 7.75. The van der Waals surface area contributed by atoms with Crippen LogP contribution in [0.5, 0.6) is 0 Å². The first kappa shape index (κ1) is 18.9. The van der Waals surface area contributed by atoms with Crippen LogP contribution in [0.2, 0.25) is 0 Å². The molecule has 2 amide bonds. The van der Waals surface area contributed by atoms with Gasteiger partial charge in [0.2, 0.25) is 5.91 Å². The minimum absolute atomic E-state index is 0.180. The number of nitrogens with one attached hydrogen (secondary N) is 2. The van der Waals surface area contributed by atoms with Crippen molar-refractivity contribution in [3.05, 3.63) is 42.0 Å². The first-order valence-electron chi connectivity index (χ1n) is 7.37. The first-order chi connectivity index (χ1) is 11.5. The molecular formula is C17H19N3O4. The van der Waals surface area contributed by atoms with Crippen molar-refractivity contribution >= 4 is 23.9 Å². The second-order valence-corrected chi connectivity index (χ2v) is 4.84. The number of ether oxygens (including phenoxy) is 1. The molecule has 1 rings (SSSR count). The molecule has 0 fully saturated rings. The third-order valence-electron chi connectivity index (χ3n) is 2.84. The summed E-state index contributed by atoms with van der Waals surface area (Å²) < 4.78 is 4.79. The fourth-order valence-corrected chi connectivity index (χ4v) is 1.63. The second-order valence-electron chi connectivity index (χ2n) is 4.84. The number of carbonyl (C=O) groups is 3. The average molecular weight is 329 g/mol. The van der Waals surface area contributed by atoms with Crippen molar-refractivity contribution in [3.63, 3.8) is 0 Å². The Morgan fingerprint density at radius 1 is 1.29 bits per heavy atom. The minimum atomic E-state index is -0.884. The van der Waals surface area contributed by atoms with Crippen LogP contribution in [0.3, 0.4) is 0 Å². The van der Waals surface area contributed by atoms with E-state index in [0.29, 0.717) is 0 Å². The molecule has 0 bridgehead atoms. The number of rotatable bonds is 8. The van der Waals surface area contributed by atoms with Crippen molar-refractivity contribution < 1.29 is 19.1 Å². The van der Waals surface area contributed by atoms with Gasteiger partial charge in [-0.3, -0.25) is 9.59 Å². The third-order valence-corrected chi connectivity index (χ3v) is 2.84. The van der Waals surface area contributed by atoms with Crippen LogP contribution in [0.15, 0.2) is 36.4 Å². The van der Waals surface area contributed by atoms with Crippen LogP contribution in [-0.2, 0) is 19.1 Å². The Morgan fingerprint density at radius 2 is 2.00 bits per heavy atom. The Labute approximate surface area is 140 Å². The Morgan fingerprint density at radius 3 is 2.67 bits per heavy atom. The van der Waals surface area contributed by atoms with Crippen molar-refractivity contribution in [1.29, 1.82) is 5.26 Å². The molecule has 0 aliphatic carbocycles. The predicted octanol–water partition coefficient (Wildman–Crippen LogP) is 0.778. The molecule has 0 saturated carbocycles. The molecule has 7 nitrogen and oxygen atoms in total. The van der Waals surface area contributed by atoms with Crippen molar-refractivity contribution in [2.75, 3.05) is 13.2 Å². The molecule has 0 aliphatic rings. The first-order valence-corrected chi connectivity index (χ1v) is 7.37. The van der Waals surface area contributed by atoms with E-state index in [4.69, 9.17) is 10.00 Å². The molecule has 0 radical (unpaired) electrons. The molecule has 1 atom stereocenters. The van der Waals surface area contributed by atoms with E-state index in [2.05, 4.69) is 10.6 Å². The van der Waals surface area contributed by atoms with Gasteiger partial charge in [-0.25, -0.2) is 4.79 Å². The molecule has 1 aromatic carbocycles. The highest BCUT2D eigenvalue weighted by Gasteiger charge is 2.17. The maximum Gasteiger partial charge on any atom is 0.328 e. The van der Waals surface area contributed by atoms with Gasteiger partial charge >= 0.3 is 5.97 Å². The quantitative estimate of drug-likeness (QED) is 0.416. The Kier molecular flexibility index (Phi) is 8.32. The van der Waals surface area contributed by atoms with Crippen LogP contribution in [0, 0.1) is 11.3 Å². The Bertz CT molecular complexity index is 635. The highest BCUT2D eigenvalue weighted by Crippen LogP contribution is 2.00. The number of hydrogen-bond acceptors (Lipinski definition) is 5. The lowest BCUT2D eigenvalue weighted by Crippen LogP contribution is -2.40. The van der Waals surface area contributed by atoms with Crippen LogP contribution in [0.1, 0.15) is 18.9 Å². The summed E-state index contributed by atoms with van der Waals surface area (Å²) in [5, 5.41) is 13.2. The summed E-state index contributed by atoms with van der Waals surface area (Å²) in [5.41, 5.74) is 0.858. The van der Waals surface area contributed by atoms with Gasteiger partial charge in [-0.05, 0) is 18.6 Å². The van der Waals surface area contributed by atoms with Crippen molar-refractivity contribution in [3.8, 4) is 6.07 Å². The van der Waals surface area contributed by atoms with Gasteiger partial charge in [-0.2, -0.15) is 5.26 Å². The maximum atomic E-state index is 11.7. The summed E-state index contributed by atoms with van der Waals surface area (Å²) in [4.78, 5) is 34.8. The summed E-state index contributed by atoms with van der Waals surface area (Å²) in [6.07, 6.45) is 3.11. The molecule has 0 unspecified atom stereocenters. The smallest absolute Gasteiger partial charge is 0.328 e. The van der Waals surface area contributed by atoms with Crippen LogP contribution >= 0.6 is 0 Å². The highest BCUT2D eigenvalue weighted by molar-refractivity contribution is 5.94. The molecule has 0 aliphatic heterocycles. The van der Waals surface area contributed by atoms with E-state index in [-0.39, 0.29) is 13.0 Å². The lowest BCUT2D eigenvalue weighted by atomic mass is 10.2. The number of amides is 2. The van der Waals surface area contributed by atoms with Crippen molar-refractivity contribution in [2.24, 2.45) is 0 Å². The van der Waals surface area contributed by atoms with Crippen molar-refractivity contribution in [2.45, 2.75) is 19.4 Å². The summed E-state index contributed by atoms with van der Waals surface area (Å²) in [7, 11) is 0. The second kappa shape index (κ2) is 10.6. The van der Waals surface area contributed by atoms with E-state index in [9.17, 15) is 14.4 Å². The normalized spacial score (nSPS) is 11.3. The molecule has 2 N–H and O–H groups in total. The lowest BCUT2D eigenvalue weighted by molar-refractivity contribution is -0.150. The topological polar surface area (TPSA) is 108 Å². The van der Waals surface area contributed by atoms with Gasteiger partial charge in [0.1, 0.15) is 6.04 Å². The van der Waals surface area contributed by atoms with E-state index in [1.54, 1.807) is 6.08 Å². The predicted molar refractivity (Wildman–Crippen MR) is 87.3 cm³/mol. The monoisotopic (exact) mass is 329 g/mol. The molecule has 0 saturated heterocycles. The summed E-state index contributed by atoms with van der Waals surface area (Å²) in [6.45, 7) is 1.21. The van der Waals surface area contributed by atoms with E-state index in [1.165, 1.54) is 13.0 Å². The number of hydrogen-bond donors (Lipinski definition) is 2. The number of benzene rings is 1. The Balaban J connectivity index is 2.33. The fourth-order valence-electron chi connectivity index (χ4n) is 1.63. The van der Waals surface area contributed by atoms with Crippen LogP contribution in [0.25, 0.3) is 6.08 Å². The van der Waals surface area contributed by atoms with Gasteiger partial charge in [0, 0.05) is 12.6 Å².